The number of halogens is 2. The molecule has 0 radical (unpaired) electrons. The van der Waals surface area contributed by atoms with E-state index in [1.807, 2.05) is 0 Å². The number of nitrogens with two attached hydrogens (primary N) is 1. The molecular weight excluding hydrogens is 368 g/mol. The largest absolute Gasteiger partial charge is 0.381 e. The zero-order chi connectivity index (χ0) is 19.8. The summed E-state index contributed by atoms with van der Waals surface area (Å²) in [4.78, 5) is 24.7. The Balaban J connectivity index is 1.71. The molecule has 142 valence electrons. The molecule has 0 fully saturated rings. The molecule has 4 rings (SSSR count). The van der Waals surface area contributed by atoms with E-state index in [0.717, 1.165) is 6.21 Å². The molecule has 1 amide bonds. The van der Waals surface area contributed by atoms with E-state index in [2.05, 4.69) is 25.4 Å². The molecule has 8 nitrogen and oxygen atoms in total. The van der Waals surface area contributed by atoms with Crippen LogP contribution < -0.4 is 11.1 Å². The standard InChI is InChI=1S/C18H15F2N7O/c1-9-11(2-3-14(20)24-9)12-4-5-22-7-13(12)25-18(28)15-16(21)26-27-8-10(19)6-23-17(15)27/h2-7,10H,8H2,1H3,(H2,21,26)(H,25,28). The molecule has 4 heterocycles. The lowest BCUT2D eigenvalue weighted by atomic mass is 10.0. The number of carbonyl (C=O) groups is 1. The van der Waals surface area contributed by atoms with Crippen LogP contribution in [0.4, 0.5) is 26.1 Å². The molecule has 3 N–H and O–H groups in total. The number of pyridine rings is 2. The summed E-state index contributed by atoms with van der Waals surface area (Å²) in [7, 11) is 0. The Bertz CT molecular complexity index is 1110. The van der Waals surface area contributed by atoms with Crippen molar-refractivity contribution in [3.05, 3.63) is 47.8 Å². The summed E-state index contributed by atoms with van der Waals surface area (Å²) in [5.41, 5.74) is 8.00. The molecule has 1 atom stereocenters. The molecule has 0 aliphatic carbocycles. The van der Waals surface area contributed by atoms with Crippen LogP contribution in [-0.2, 0) is 6.54 Å². The second-order valence-electron chi connectivity index (χ2n) is 6.20. The van der Waals surface area contributed by atoms with Crippen molar-refractivity contribution in [1.82, 2.24) is 19.7 Å². The topological polar surface area (TPSA) is 111 Å². The molecule has 0 saturated carbocycles. The second kappa shape index (κ2) is 6.80. The third kappa shape index (κ3) is 3.08. The van der Waals surface area contributed by atoms with Gasteiger partial charge in [-0.25, -0.2) is 19.0 Å². The van der Waals surface area contributed by atoms with Crippen molar-refractivity contribution < 1.29 is 13.6 Å². The molecule has 0 bridgehead atoms. The van der Waals surface area contributed by atoms with Gasteiger partial charge in [0.05, 0.1) is 18.4 Å². The van der Waals surface area contributed by atoms with Crippen molar-refractivity contribution in [2.45, 2.75) is 19.6 Å². The molecule has 3 aromatic rings. The fraction of sp³-hybridized carbons (Fsp3) is 0.167. The van der Waals surface area contributed by atoms with Crippen LogP contribution in [0, 0.1) is 12.9 Å². The van der Waals surface area contributed by atoms with Gasteiger partial charge < -0.3 is 11.1 Å². The predicted molar refractivity (Wildman–Crippen MR) is 99.8 cm³/mol. The van der Waals surface area contributed by atoms with E-state index in [0.29, 0.717) is 22.5 Å². The highest BCUT2D eigenvalue weighted by atomic mass is 19.1. The minimum atomic E-state index is -1.29. The zero-order valence-electron chi connectivity index (χ0n) is 14.7. The van der Waals surface area contributed by atoms with E-state index in [9.17, 15) is 13.6 Å². The Morgan fingerprint density at radius 2 is 2.14 bits per heavy atom. The summed E-state index contributed by atoms with van der Waals surface area (Å²) in [6.45, 7) is 1.60. The Morgan fingerprint density at radius 1 is 1.32 bits per heavy atom. The minimum absolute atomic E-state index is 0.0481. The van der Waals surface area contributed by atoms with Crippen molar-refractivity contribution in [2.75, 3.05) is 11.1 Å². The number of aryl methyl sites for hydroxylation is 1. The first-order chi connectivity index (χ1) is 13.4. The molecular formula is C18H15F2N7O. The molecule has 10 heteroatoms. The predicted octanol–water partition coefficient (Wildman–Crippen LogP) is 2.68. The monoisotopic (exact) mass is 383 g/mol. The summed E-state index contributed by atoms with van der Waals surface area (Å²) in [6, 6.07) is 4.49. The van der Waals surface area contributed by atoms with Gasteiger partial charge in [-0.15, -0.1) is 0 Å². The van der Waals surface area contributed by atoms with Gasteiger partial charge in [-0.05, 0) is 25.1 Å². The van der Waals surface area contributed by atoms with Crippen LogP contribution in [0.25, 0.3) is 11.1 Å². The van der Waals surface area contributed by atoms with Crippen molar-refractivity contribution >= 4 is 29.4 Å². The van der Waals surface area contributed by atoms with Crippen LogP contribution >= 0.6 is 0 Å². The fourth-order valence-electron chi connectivity index (χ4n) is 3.04. The lowest BCUT2D eigenvalue weighted by Gasteiger charge is -2.13. The number of hydrogen-bond acceptors (Lipinski definition) is 6. The fourth-order valence-corrected chi connectivity index (χ4v) is 3.04. The first-order valence-corrected chi connectivity index (χ1v) is 8.37. The van der Waals surface area contributed by atoms with E-state index < -0.39 is 18.0 Å². The van der Waals surface area contributed by atoms with Crippen molar-refractivity contribution in [3.63, 3.8) is 0 Å². The van der Waals surface area contributed by atoms with Gasteiger partial charge in [0.15, 0.2) is 17.8 Å². The molecule has 0 saturated heterocycles. The normalized spacial score (nSPS) is 15.3. The highest BCUT2D eigenvalue weighted by molar-refractivity contribution is 6.12. The van der Waals surface area contributed by atoms with Gasteiger partial charge >= 0.3 is 0 Å². The average Bonchev–Trinajstić information content (AvgIpc) is 2.97. The molecule has 1 aliphatic rings. The number of amides is 1. The zero-order valence-corrected chi connectivity index (χ0v) is 14.7. The first-order valence-electron chi connectivity index (χ1n) is 8.37. The Hall–Kier alpha value is -3.69. The van der Waals surface area contributed by atoms with E-state index in [1.165, 1.54) is 16.9 Å². The van der Waals surface area contributed by atoms with Gasteiger partial charge in [-0.2, -0.15) is 9.49 Å². The highest BCUT2D eigenvalue weighted by Crippen LogP contribution is 2.32. The maximum absolute atomic E-state index is 13.5. The third-order valence-corrected chi connectivity index (χ3v) is 4.30. The number of hydrogen-bond donors (Lipinski definition) is 2. The van der Waals surface area contributed by atoms with Crippen molar-refractivity contribution in [3.8, 4) is 11.1 Å². The van der Waals surface area contributed by atoms with E-state index in [-0.39, 0.29) is 23.7 Å². The SMILES string of the molecule is Cc1nc(F)ccc1-c1ccncc1NC(=O)c1c(N)nn2c1N=CC(F)C2. The summed E-state index contributed by atoms with van der Waals surface area (Å²) >= 11 is 0. The number of fused-ring (bicyclic) bond motifs is 1. The molecule has 3 aromatic heterocycles. The van der Waals surface area contributed by atoms with Gasteiger partial charge in [0.25, 0.3) is 5.91 Å². The van der Waals surface area contributed by atoms with Gasteiger partial charge in [0.2, 0.25) is 5.95 Å². The smallest absolute Gasteiger partial charge is 0.263 e. The summed E-state index contributed by atoms with van der Waals surface area (Å²) in [5, 5.41) is 6.71. The van der Waals surface area contributed by atoms with Crippen molar-refractivity contribution in [1.29, 1.82) is 0 Å². The second-order valence-corrected chi connectivity index (χ2v) is 6.20. The third-order valence-electron chi connectivity index (χ3n) is 4.30. The first kappa shape index (κ1) is 17.7. The van der Waals surface area contributed by atoms with Crippen LogP contribution in [-0.4, -0.2) is 38.0 Å². The number of carbonyl (C=O) groups excluding carboxylic acids is 1. The molecule has 28 heavy (non-hydrogen) atoms. The number of anilines is 2. The van der Waals surface area contributed by atoms with E-state index >= 15 is 0 Å². The number of rotatable bonds is 3. The van der Waals surface area contributed by atoms with Gasteiger partial charge in [-0.3, -0.25) is 9.78 Å². The summed E-state index contributed by atoms with van der Waals surface area (Å²) in [6.07, 6.45) is 2.83. The number of aliphatic imine (C=N–C) groups is 1. The lowest BCUT2D eigenvalue weighted by Crippen LogP contribution is -2.19. The molecule has 0 aromatic carbocycles. The number of nitrogens with zero attached hydrogens (tertiary/aromatic N) is 5. The van der Waals surface area contributed by atoms with Crippen molar-refractivity contribution in [2.24, 2.45) is 4.99 Å². The molecule has 0 spiro atoms. The van der Waals surface area contributed by atoms with Crippen LogP contribution in [0.3, 0.4) is 0 Å². The number of nitrogen functional groups attached to an aromatic ring is 1. The Labute approximate surface area is 158 Å². The Morgan fingerprint density at radius 3 is 2.93 bits per heavy atom. The summed E-state index contributed by atoms with van der Waals surface area (Å²) < 4.78 is 28.1. The van der Waals surface area contributed by atoms with Gasteiger partial charge in [-0.1, -0.05) is 0 Å². The van der Waals surface area contributed by atoms with Gasteiger partial charge in [0.1, 0.15) is 5.56 Å². The quantitative estimate of drug-likeness (QED) is 0.676. The van der Waals surface area contributed by atoms with Crippen LogP contribution in [0.2, 0.25) is 0 Å². The molecule has 1 aliphatic heterocycles. The van der Waals surface area contributed by atoms with Crippen LogP contribution in [0.15, 0.2) is 35.6 Å². The molecule has 1 unspecified atom stereocenters. The average molecular weight is 383 g/mol. The van der Waals surface area contributed by atoms with E-state index in [1.54, 1.807) is 25.3 Å². The number of alkyl halides is 1. The number of aromatic nitrogens is 4. The van der Waals surface area contributed by atoms with Crippen LogP contribution in [0.5, 0.6) is 0 Å². The lowest BCUT2D eigenvalue weighted by molar-refractivity contribution is 0.102. The summed E-state index contributed by atoms with van der Waals surface area (Å²) in [5.74, 6) is -1.02. The maximum Gasteiger partial charge on any atom is 0.263 e. The van der Waals surface area contributed by atoms with E-state index in [4.69, 9.17) is 5.73 Å². The number of nitrogens with one attached hydrogen (secondary N) is 1. The maximum atomic E-state index is 13.5. The Kier molecular flexibility index (Phi) is 4.30. The highest BCUT2D eigenvalue weighted by Gasteiger charge is 2.26. The minimum Gasteiger partial charge on any atom is -0.381 e. The van der Waals surface area contributed by atoms with Crippen LogP contribution in [0.1, 0.15) is 16.1 Å². The van der Waals surface area contributed by atoms with Gasteiger partial charge in [0, 0.05) is 29.2 Å².